The van der Waals surface area contributed by atoms with Crippen LogP contribution in [-0.4, -0.2) is 72.7 Å². The van der Waals surface area contributed by atoms with E-state index in [0.29, 0.717) is 65.1 Å². The van der Waals surface area contributed by atoms with Crippen LogP contribution >= 0.6 is 46.0 Å². The van der Waals surface area contributed by atoms with Gasteiger partial charge in [-0.1, -0.05) is 0 Å². The van der Waals surface area contributed by atoms with E-state index in [4.69, 9.17) is 11.2 Å². The van der Waals surface area contributed by atoms with Gasteiger partial charge in [-0.05, 0) is 19.8 Å². The molecule has 0 bridgehead atoms. The molecule has 7 nitrogen and oxygen atoms in total. The van der Waals surface area contributed by atoms with Crippen molar-refractivity contribution in [2.45, 2.75) is 32.6 Å². The van der Waals surface area contributed by atoms with Gasteiger partial charge in [0.1, 0.15) is 46.0 Å². The predicted molar refractivity (Wildman–Crippen MR) is 104 cm³/mol. The van der Waals surface area contributed by atoms with Crippen LogP contribution in [0.1, 0.15) is 32.6 Å². The summed E-state index contributed by atoms with van der Waals surface area (Å²) in [4.78, 5) is 27.4. The number of halogens is 2. The maximum Gasteiger partial charge on any atom is 0.222 e. The second-order valence-electron chi connectivity index (χ2n) is 4.91. The van der Waals surface area contributed by atoms with Crippen molar-refractivity contribution in [3.63, 3.8) is 0 Å². The summed E-state index contributed by atoms with van der Waals surface area (Å²) in [5.74, 6) is 0.0875. The van der Waals surface area contributed by atoms with Crippen LogP contribution in [0.4, 0.5) is 0 Å². The molecule has 0 radical (unpaired) electrons. The van der Waals surface area contributed by atoms with Crippen LogP contribution in [0.2, 0.25) is 0 Å². The zero-order valence-electron chi connectivity index (χ0n) is 13.5. The largest absolute Gasteiger partial charge is 0.395 e. The van der Waals surface area contributed by atoms with E-state index < -0.39 is 0 Å². The highest BCUT2D eigenvalue weighted by atomic mass is 127. The quantitative estimate of drug-likeness (QED) is 0.262. The molecule has 0 saturated carbocycles. The first kappa shape index (κ1) is 23.3. The Labute approximate surface area is 166 Å². The third-order valence-corrected chi connectivity index (χ3v) is 4.25. The first-order valence-corrected chi connectivity index (χ1v) is 9.50. The molecule has 0 unspecified atom stereocenters. The maximum absolute atomic E-state index is 12.1. The van der Waals surface area contributed by atoms with Gasteiger partial charge in [-0.15, -0.1) is 0 Å². The van der Waals surface area contributed by atoms with Crippen molar-refractivity contribution in [2.75, 3.05) is 46.0 Å². The molecule has 0 aromatic heterocycles. The highest BCUT2D eigenvalue weighted by Gasteiger charge is 2.14. The Bertz CT molecular complexity index is 334. The summed E-state index contributed by atoms with van der Waals surface area (Å²) >= 11 is 3.60. The van der Waals surface area contributed by atoms with Crippen LogP contribution in [0.3, 0.4) is 0 Å². The number of carbonyl (C=O) groups is 2. The zero-order chi connectivity index (χ0) is 17.5. The number of nitrogens with zero attached hydrogens (tertiary/aromatic N) is 2. The summed E-state index contributed by atoms with van der Waals surface area (Å²) < 4.78 is 9.89. The molecular weight excluding hydrogens is 530 g/mol. The fourth-order valence-electron chi connectivity index (χ4n) is 2.10. The Morgan fingerprint density at radius 2 is 1.39 bits per heavy atom. The minimum absolute atomic E-state index is 0.00870. The van der Waals surface area contributed by atoms with Crippen molar-refractivity contribution in [1.82, 2.24) is 9.80 Å². The lowest BCUT2D eigenvalue weighted by atomic mass is 10.1. The van der Waals surface area contributed by atoms with Gasteiger partial charge in [0, 0.05) is 39.0 Å². The van der Waals surface area contributed by atoms with Gasteiger partial charge in [-0.25, -0.2) is 0 Å². The summed E-state index contributed by atoms with van der Waals surface area (Å²) in [6.07, 6.45) is 2.18. The monoisotopic (exact) mass is 556 g/mol. The number of carbonyl (C=O) groups excluding carboxylic acids is 2. The molecule has 0 aliphatic rings. The van der Waals surface area contributed by atoms with Crippen LogP contribution in [0, 0.1) is 0 Å². The number of hydrogen-bond acceptors (Lipinski definition) is 5. The summed E-state index contributed by atoms with van der Waals surface area (Å²) in [7, 11) is 0. The van der Waals surface area contributed by atoms with Gasteiger partial charge in [0.25, 0.3) is 0 Å². The van der Waals surface area contributed by atoms with Crippen LogP contribution in [0.5, 0.6) is 0 Å². The molecule has 1 N–H and O–H groups in total. The number of hydrogen-bond donors (Lipinski definition) is 1. The number of unbranched alkanes of at least 4 members (excludes halogenated alkanes) is 1. The highest BCUT2D eigenvalue weighted by molar-refractivity contribution is 14.1. The van der Waals surface area contributed by atoms with E-state index in [1.54, 1.807) is 32.8 Å². The molecule has 23 heavy (non-hydrogen) atoms. The van der Waals surface area contributed by atoms with Gasteiger partial charge in [0.05, 0.1) is 19.8 Å². The first-order chi connectivity index (χ1) is 11.1. The van der Waals surface area contributed by atoms with E-state index in [1.807, 2.05) is 29.9 Å². The summed E-state index contributed by atoms with van der Waals surface area (Å²) in [5, 5.41) is 8.99. The topological polar surface area (TPSA) is 79.3 Å². The Hall–Kier alpha value is 0.280. The van der Waals surface area contributed by atoms with Crippen molar-refractivity contribution < 1.29 is 20.8 Å². The molecule has 0 aliphatic carbocycles. The second kappa shape index (κ2) is 15.8. The summed E-state index contributed by atoms with van der Waals surface area (Å²) in [6.45, 7) is 4.89. The number of aliphatic hydroxyl groups excluding tert-OH is 1. The number of rotatable bonds is 14. The fourth-order valence-corrected chi connectivity index (χ4v) is 2.49. The Morgan fingerprint density at radius 1 is 0.913 bits per heavy atom. The van der Waals surface area contributed by atoms with E-state index in [2.05, 4.69) is 0 Å². The number of amides is 2. The van der Waals surface area contributed by atoms with E-state index in [9.17, 15) is 9.59 Å². The number of likely N-dealkylation sites (N-methyl/N-ethyl adjacent to an activating group) is 1. The molecule has 0 rings (SSSR count). The van der Waals surface area contributed by atoms with Gasteiger partial charge in [0.2, 0.25) is 11.8 Å². The molecule has 0 saturated heterocycles. The average Bonchev–Trinajstić information content (AvgIpc) is 2.55. The standard InChI is InChI=1S/C14H26I2N2O5/c1-2-17(8-11-22-15)13(20)5-3-4-6-14(21)18(7-10-19)9-12-23-16/h19H,2-12H2,1H3. The number of aliphatic hydroxyl groups is 1. The van der Waals surface area contributed by atoms with Gasteiger partial charge in [-0.2, -0.15) is 0 Å². The fraction of sp³-hybridized carbons (Fsp3) is 0.857. The molecule has 0 aromatic rings. The average molecular weight is 556 g/mol. The van der Waals surface area contributed by atoms with E-state index >= 15 is 0 Å². The van der Waals surface area contributed by atoms with E-state index in [0.717, 1.165) is 0 Å². The van der Waals surface area contributed by atoms with Crippen molar-refractivity contribution in [2.24, 2.45) is 0 Å². The van der Waals surface area contributed by atoms with Gasteiger partial charge < -0.3 is 21.0 Å². The lowest BCUT2D eigenvalue weighted by Crippen LogP contribution is -2.36. The maximum atomic E-state index is 12.1. The molecular formula is C14H26I2N2O5. The van der Waals surface area contributed by atoms with Gasteiger partial charge >= 0.3 is 0 Å². The van der Waals surface area contributed by atoms with Gasteiger partial charge in [0.15, 0.2) is 0 Å². The Balaban J connectivity index is 4.02. The van der Waals surface area contributed by atoms with Crippen molar-refractivity contribution in [1.29, 1.82) is 0 Å². The van der Waals surface area contributed by atoms with E-state index in [1.165, 1.54) is 0 Å². The van der Waals surface area contributed by atoms with E-state index in [-0.39, 0.29) is 18.4 Å². The normalized spacial score (nSPS) is 10.6. The lowest BCUT2D eigenvalue weighted by Gasteiger charge is -2.21. The molecule has 0 atom stereocenters. The minimum Gasteiger partial charge on any atom is -0.395 e. The summed E-state index contributed by atoms with van der Waals surface area (Å²) in [6, 6.07) is 0. The third kappa shape index (κ3) is 11.5. The van der Waals surface area contributed by atoms with Crippen LogP contribution in [0.15, 0.2) is 0 Å². The Morgan fingerprint density at radius 3 is 1.83 bits per heavy atom. The predicted octanol–water partition coefficient (Wildman–Crippen LogP) is 1.95. The molecule has 0 aromatic carbocycles. The van der Waals surface area contributed by atoms with Crippen LogP contribution in [-0.2, 0) is 15.7 Å². The van der Waals surface area contributed by atoms with Crippen LogP contribution in [0.25, 0.3) is 0 Å². The lowest BCUT2D eigenvalue weighted by molar-refractivity contribution is -0.133. The molecule has 2 amide bonds. The first-order valence-electron chi connectivity index (χ1n) is 7.74. The third-order valence-electron chi connectivity index (χ3n) is 3.37. The summed E-state index contributed by atoms with van der Waals surface area (Å²) in [5.41, 5.74) is 0. The molecule has 9 heteroatoms. The molecule has 0 spiro atoms. The zero-order valence-corrected chi connectivity index (χ0v) is 17.8. The van der Waals surface area contributed by atoms with Crippen LogP contribution < -0.4 is 0 Å². The van der Waals surface area contributed by atoms with Gasteiger partial charge in [-0.3, -0.25) is 9.59 Å². The molecule has 0 aliphatic heterocycles. The minimum atomic E-state index is -0.0597. The molecule has 0 fully saturated rings. The Kier molecular flexibility index (Phi) is 16.0. The smallest absolute Gasteiger partial charge is 0.222 e. The van der Waals surface area contributed by atoms with Crippen molar-refractivity contribution in [3.8, 4) is 0 Å². The van der Waals surface area contributed by atoms with Crippen molar-refractivity contribution in [3.05, 3.63) is 0 Å². The van der Waals surface area contributed by atoms with Crippen molar-refractivity contribution >= 4 is 57.8 Å². The second-order valence-corrected chi connectivity index (χ2v) is 6.16. The molecule has 136 valence electrons. The molecule has 0 heterocycles. The SMILES string of the molecule is CCN(CCOI)C(=O)CCCCC(=O)N(CCO)CCOI. The highest BCUT2D eigenvalue weighted by Crippen LogP contribution is 2.07.